The van der Waals surface area contributed by atoms with Gasteiger partial charge in [0.25, 0.3) is 0 Å². The molecule has 0 aliphatic carbocycles. The second-order valence-corrected chi connectivity index (χ2v) is 9.07. The highest BCUT2D eigenvalue weighted by atomic mass is 32.2. The normalized spacial score (nSPS) is 11.7. The molecule has 0 aliphatic rings. The van der Waals surface area contributed by atoms with Gasteiger partial charge in [-0.3, -0.25) is 0 Å². The first kappa shape index (κ1) is 21.2. The number of hydrogen-bond donors (Lipinski definition) is 1. The van der Waals surface area contributed by atoms with E-state index in [1.54, 1.807) is 28.8 Å². The van der Waals surface area contributed by atoms with Crippen LogP contribution < -0.4 is 14.2 Å². The van der Waals surface area contributed by atoms with Gasteiger partial charge in [-0.15, -0.1) is 16.4 Å². The Hall–Kier alpha value is -3.02. The Kier molecular flexibility index (Phi) is 5.90. The van der Waals surface area contributed by atoms with Crippen molar-refractivity contribution in [3.05, 3.63) is 59.4 Å². The summed E-state index contributed by atoms with van der Waals surface area (Å²) in [6.07, 6.45) is 0.373. The molecule has 162 valence electrons. The highest BCUT2D eigenvalue weighted by Crippen LogP contribution is 2.28. The minimum absolute atomic E-state index is 0.0221. The fourth-order valence-corrected chi connectivity index (χ4v) is 5.08. The molecule has 0 aliphatic heterocycles. The Morgan fingerprint density at radius 3 is 2.71 bits per heavy atom. The van der Waals surface area contributed by atoms with Gasteiger partial charge in [0.05, 0.1) is 25.5 Å². The van der Waals surface area contributed by atoms with Crippen molar-refractivity contribution in [2.24, 2.45) is 0 Å². The van der Waals surface area contributed by atoms with Crippen molar-refractivity contribution in [2.75, 3.05) is 20.8 Å². The summed E-state index contributed by atoms with van der Waals surface area (Å²) >= 11 is 1.36. The minimum Gasteiger partial charge on any atom is -0.497 e. The first-order valence-electron chi connectivity index (χ1n) is 9.22. The van der Waals surface area contributed by atoms with Crippen molar-refractivity contribution >= 4 is 26.3 Å². The van der Waals surface area contributed by atoms with E-state index in [0.29, 0.717) is 22.7 Å². The molecule has 0 saturated heterocycles. The van der Waals surface area contributed by atoms with Gasteiger partial charge >= 0.3 is 0 Å². The Bertz CT molecular complexity index is 1330. The lowest BCUT2D eigenvalue weighted by Crippen LogP contribution is -2.26. The molecule has 4 aromatic rings. The first-order chi connectivity index (χ1) is 14.9. The summed E-state index contributed by atoms with van der Waals surface area (Å²) in [7, 11) is -0.913. The number of sulfonamides is 1. The summed E-state index contributed by atoms with van der Waals surface area (Å²) in [6, 6.07) is 10.8. The van der Waals surface area contributed by atoms with Gasteiger partial charge in [0.15, 0.2) is 5.82 Å². The maximum Gasteiger partial charge on any atom is 0.244 e. The third kappa shape index (κ3) is 4.24. The zero-order valence-corrected chi connectivity index (χ0v) is 18.3. The molecule has 2 aromatic heterocycles. The summed E-state index contributed by atoms with van der Waals surface area (Å²) in [5.74, 6) is 0.571. The van der Waals surface area contributed by atoms with Crippen LogP contribution in [0.4, 0.5) is 4.39 Å². The van der Waals surface area contributed by atoms with E-state index < -0.39 is 15.8 Å². The highest BCUT2D eigenvalue weighted by Gasteiger charge is 2.20. The molecule has 1 N–H and O–H groups in total. The zero-order valence-electron chi connectivity index (χ0n) is 16.7. The van der Waals surface area contributed by atoms with E-state index in [4.69, 9.17) is 9.47 Å². The Morgan fingerprint density at radius 1 is 1.16 bits per heavy atom. The maximum atomic E-state index is 14.0. The molecule has 4 rings (SSSR count). The van der Waals surface area contributed by atoms with Crippen LogP contribution in [0.5, 0.6) is 11.5 Å². The van der Waals surface area contributed by atoms with Gasteiger partial charge in [0.1, 0.15) is 22.2 Å². The predicted octanol–water partition coefficient (Wildman–Crippen LogP) is 3.14. The zero-order chi connectivity index (χ0) is 22.0. The van der Waals surface area contributed by atoms with E-state index in [1.807, 2.05) is 5.38 Å². The van der Waals surface area contributed by atoms with Crippen molar-refractivity contribution in [2.45, 2.75) is 11.3 Å². The molecule has 0 unspecified atom stereocenters. The molecule has 11 heteroatoms. The van der Waals surface area contributed by atoms with Crippen LogP contribution in [0.1, 0.15) is 5.69 Å². The van der Waals surface area contributed by atoms with Crippen molar-refractivity contribution in [1.82, 2.24) is 19.3 Å². The average molecular weight is 463 g/mol. The van der Waals surface area contributed by atoms with E-state index >= 15 is 0 Å². The quantitative estimate of drug-likeness (QED) is 0.432. The lowest BCUT2D eigenvalue weighted by Gasteiger charge is -2.11. The largest absolute Gasteiger partial charge is 0.497 e. The number of benzene rings is 2. The van der Waals surface area contributed by atoms with E-state index in [1.165, 1.54) is 43.8 Å². The third-order valence-electron chi connectivity index (χ3n) is 4.60. The van der Waals surface area contributed by atoms with Crippen molar-refractivity contribution < 1.29 is 22.3 Å². The number of methoxy groups -OCH3 is 2. The fourth-order valence-electron chi connectivity index (χ4n) is 3.04. The monoisotopic (exact) mass is 462 g/mol. The second-order valence-electron chi connectivity index (χ2n) is 6.50. The fraction of sp³-hybridized carbons (Fsp3) is 0.200. The van der Waals surface area contributed by atoms with E-state index in [-0.39, 0.29) is 23.0 Å². The number of nitrogens with one attached hydrogen (secondary N) is 1. The number of nitrogens with zero attached hydrogens (tertiary/aromatic N) is 3. The molecule has 31 heavy (non-hydrogen) atoms. The SMILES string of the molecule is COc1ccc(S(=O)(=O)NCCc2csc3nc(-c4ccccc4F)nn23)c(OC)c1. The van der Waals surface area contributed by atoms with Crippen LogP contribution in [0.3, 0.4) is 0 Å². The molecule has 0 fully saturated rings. The molecule has 0 atom stereocenters. The van der Waals surface area contributed by atoms with Gasteiger partial charge in [-0.2, -0.15) is 4.98 Å². The van der Waals surface area contributed by atoms with Gasteiger partial charge in [-0.1, -0.05) is 12.1 Å². The van der Waals surface area contributed by atoms with E-state index in [0.717, 1.165) is 5.69 Å². The van der Waals surface area contributed by atoms with Crippen LogP contribution in [-0.2, 0) is 16.4 Å². The van der Waals surface area contributed by atoms with Crippen LogP contribution in [0.2, 0.25) is 0 Å². The summed E-state index contributed by atoms with van der Waals surface area (Å²) in [5, 5.41) is 6.24. The standard InChI is InChI=1S/C20H19FN4O4S2/c1-28-14-7-8-18(17(11-14)29-2)31(26,27)22-10-9-13-12-30-20-23-19(24-25(13)20)15-5-3-4-6-16(15)21/h3-8,11-12,22H,9-10H2,1-2H3. The summed E-state index contributed by atoms with van der Waals surface area (Å²) in [5.41, 5.74) is 1.08. The molecule has 2 aromatic carbocycles. The van der Waals surface area contributed by atoms with Crippen LogP contribution >= 0.6 is 11.3 Å². The second kappa shape index (κ2) is 8.61. The predicted molar refractivity (Wildman–Crippen MR) is 115 cm³/mol. The highest BCUT2D eigenvalue weighted by molar-refractivity contribution is 7.89. The van der Waals surface area contributed by atoms with Crippen LogP contribution in [0.25, 0.3) is 16.3 Å². The molecule has 8 nitrogen and oxygen atoms in total. The van der Waals surface area contributed by atoms with Gasteiger partial charge < -0.3 is 9.47 Å². The summed E-state index contributed by atoms with van der Waals surface area (Å²) in [4.78, 5) is 5.00. The van der Waals surface area contributed by atoms with E-state index in [9.17, 15) is 12.8 Å². The number of rotatable bonds is 8. The molecule has 0 bridgehead atoms. The molecule has 0 amide bonds. The molecule has 0 radical (unpaired) electrons. The lowest BCUT2D eigenvalue weighted by atomic mass is 10.2. The van der Waals surface area contributed by atoms with Gasteiger partial charge in [-0.05, 0) is 24.3 Å². The van der Waals surface area contributed by atoms with Crippen molar-refractivity contribution in [3.8, 4) is 22.9 Å². The number of aromatic nitrogens is 3. The number of halogens is 1. The summed E-state index contributed by atoms with van der Waals surface area (Å²) in [6.45, 7) is 0.137. The molecule has 0 saturated carbocycles. The Labute approximate surface area is 182 Å². The molecule has 0 spiro atoms. The number of thiazole rings is 1. The first-order valence-corrected chi connectivity index (χ1v) is 11.6. The lowest BCUT2D eigenvalue weighted by molar-refractivity contribution is 0.386. The Morgan fingerprint density at radius 2 is 1.97 bits per heavy atom. The van der Waals surface area contributed by atoms with Gasteiger partial charge in [-0.25, -0.2) is 22.0 Å². The van der Waals surface area contributed by atoms with Crippen LogP contribution in [-0.4, -0.2) is 43.8 Å². The topological polar surface area (TPSA) is 94.8 Å². The molecule has 2 heterocycles. The number of hydrogen-bond acceptors (Lipinski definition) is 7. The third-order valence-corrected chi connectivity index (χ3v) is 6.96. The number of ether oxygens (including phenoxy) is 2. The smallest absolute Gasteiger partial charge is 0.244 e. The minimum atomic E-state index is -3.80. The van der Waals surface area contributed by atoms with Gasteiger partial charge in [0.2, 0.25) is 15.0 Å². The van der Waals surface area contributed by atoms with Gasteiger partial charge in [0, 0.05) is 24.4 Å². The average Bonchev–Trinajstić information content (AvgIpc) is 3.35. The van der Waals surface area contributed by atoms with Crippen molar-refractivity contribution in [3.63, 3.8) is 0 Å². The molecular formula is C20H19FN4O4S2. The summed E-state index contributed by atoms with van der Waals surface area (Å²) < 4.78 is 54.0. The van der Waals surface area contributed by atoms with Crippen molar-refractivity contribution in [1.29, 1.82) is 0 Å². The number of fused-ring (bicyclic) bond motifs is 1. The van der Waals surface area contributed by atoms with E-state index in [2.05, 4.69) is 14.8 Å². The maximum absolute atomic E-state index is 14.0. The Balaban J connectivity index is 1.50. The van der Waals surface area contributed by atoms with Crippen LogP contribution in [0.15, 0.2) is 52.7 Å². The van der Waals surface area contributed by atoms with Crippen LogP contribution in [0, 0.1) is 5.82 Å². The molecular weight excluding hydrogens is 443 g/mol.